The van der Waals surface area contributed by atoms with E-state index in [1.807, 2.05) is 24.3 Å². The predicted octanol–water partition coefficient (Wildman–Crippen LogP) is 4.83. The molecule has 106 valence electrons. The minimum atomic E-state index is -0.930. The fourth-order valence-electron chi connectivity index (χ4n) is 2.13. The Morgan fingerprint density at radius 3 is 2.76 bits per heavy atom. The van der Waals surface area contributed by atoms with Crippen LogP contribution in [0.25, 0.3) is 10.1 Å². The number of aromatic carboxylic acids is 1. The molecule has 0 unspecified atom stereocenters. The van der Waals surface area contributed by atoms with Crippen molar-refractivity contribution in [2.24, 2.45) is 0 Å². The fourth-order valence-corrected chi connectivity index (χ4v) is 3.35. The van der Waals surface area contributed by atoms with Crippen LogP contribution >= 0.6 is 22.9 Å². The molecule has 1 aromatic heterocycles. The second-order valence-corrected chi connectivity index (χ2v) is 5.95. The number of carboxylic acids is 1. The van der Waals surface area contributed by atoms with Gasteiger partial charge in [-0.2, -0.15) is 0 Å². The standard InChI is InChI=1S/C16H11ClO3S/c17-10-4-3-5-11(8-10)20-9-13-12-6-1-2-7-14(12)21-15(13)16(18)19/h1-8H,9H2,(H,18,19). The maximum absolute atomic E-state index is 11.4. The van der Waals surface area contributed by atoms with Gasteiger partial charge in [0, 0.05) is 15.3 Å². The smallest absolute Gasteiger partial charge is 0.346 e. The van der Waals surface area contributed by atoms with Crippen molar-refractivity contribution in [2.45, 2.75) is 6.61 Å². The normalized spacial score (nSPS) is 10.7. The van der Waals surface area contributed by atoms with Crippen molar-refractivity contribution in [3.05, 3.63) is 64.0 Å². The molecule has 0 aliphatic carbocycles. The molecule has 0 bridgehead atoms. The van der Waals surface area contributed by atoms with Crippen LogP contribution in [0, 0.1) is 0 Å². The molecule has 0 fully saturated rings. The number of benzene rings is 2. The zero-order valence-electron chi connectivity index (χ0n) is 10.9. The van der Waals surface area contributed by atoms with Gasteiger partial charge in [-0.1, -0.05) is 35.9 Å². The van der Waals surface area contributed by atoms with E-state index in [9.17, 15) is 9.90 Å². The fraction of sp³-hybridized carbons (Fsp3) is 0.0625. The Kier molecular flexibility index (Phi) is 3.82. The van der Waals surface area contributed by atoms with Crippen LogP contribution in [0.1, 0.15) is 15.2 Å². The lowest BCUT2D eigenvalue weighted by Crippen LogP contribution is -2.02. The summed E-state index contributed by atoms with van der Waals surface area (Å²) in [6.45, 7) is 0.200. The van der Waals surface area contributed by atoms with Crippen molar-refractivity contribution in [3.63, 3.8) is 0 Å². The van der Waals surface area contributed by atoms with Crippen molar-refractivity contribution >= 4 is 39.0 Å². The number of ether oxygens (including phenoxy) is 1. The summed E-state index contributed by atoms with van der Waals surface area (Å²) >= 11 is 7.17. The molecule has 1 heterocycles. The molecule has 0 spiro atoms. The second kappa shape index (κ2) is 5.76. The van der Waals surface area contributed by atoms with Gasteiger partial charge in [0.2, 0.25) is 0 Å². The van der Waals surface area contributed by atoms with E-state index < -0.39 is 5.97 Å². The van der Waals surface area contributed by atoms with Crippen molar-refractivity contribution in [2.75, 3.05) is 0 Å². The Hall–Kier alpha value is -2.04. The number of halogens is 1. The van der Waals surface area contributed by atoms with Crippen molar-refractivity contribution < 1.29 is 14.6 Å². The Labute approximate surface area is 130 Å². The SMILES string of the molecule is O=C(O)c1sc2ccccc2c1COc1cccc(Cl)c1. The molecule has 21 heavy (non-hydrogen) atoms. The summed E-state index contributed by atoms with van der Waals surface area (Å²) in [7, 11) is 0. The quantitative estimate of drug-likeness (QED) is 0.749. The summed E-state index contributed by atoms with van der Waals surface area (Å²) in [6, 6.07) is 14.7. The molecule has 3 nitrogen and oxygen atoms in total. The van der Waals surface area contributed by atoms with Gasteiger partial charge in [-0.3, -0.25) is 0 Å². The van der Waals surface area contributed by atoms with E-state index in [-0.39, 0.29) is 6.61 Å². The van der Waals surface area contributed by atoms with E-state index in [0.717, 1.165) is 10.1 Å². The van der Waals surface area contributed by atoms with Crippen LogP contribution in [0.15, 0.2) is 48.5 Å². The van der Waals surface area contributed by atoms with Crippen LogP contribution in [-0.2, 0) is 6.61 Å². The molecular formula is C16H11ClO3S. The van der Waals surface area contributed by atoms with Gasteiger partial charge in [0.25, 0.3) is 0 Å². The first kappa shape index (κ1) is 13.9. The molecular weight excluding hydrogens is 308 g/mol. The highest BCUT2D eigenvalue weighted by atomic mass is 35.5. The molecule has 2 aromatic carbocycles. The maximum atomic E-state index is 11.4. The molecule has 5 heteroatoms. The Bertz CT molecular complexity index is 810. The van der Waals surface area contributed by atoms with E-state index in [1.165, 1.54) is 11.3 Å². The van der Waals surface area contributed by atoms with Crippen LogP contribution in [0.3, 0.4) is 0 Å². The van der Waals surface area contributed by atoms with Gasteiger partial charge in [0.15, 0.2) is 0 Å². The zero-order valence-corrected chi connectivity index (χ0v) is 12.4. The lowest BCUT2D eigenvalue weighted by atomic mass is 10.1. The third-order valence-electron chi connectivity index (χ3n) is 3.07. The Balaban J connectivity index is 1.95. The molecule has 0 atom stereocenters. The number of hydrogen-bond donors (Lipinski definition) is 1. The van der Waals surface area contributed by atoms with E-state index in [2.05, 4.69) is 0 Å². The average Bonchev–Trinajstić information content (AvgIpc) is 2.84. The summed E-state index contributed by atoms with van der Waals surface area (Å²) in [5, 5.41) is 10.8. The molecule has 0 aliphatic heterocycles. The van der Waals surface area contributed by atoms with Gasteiger partial charge >= 0.3 is 5.97 Å². The summed E-state index contributed by atoms with van der Waals surface area (Å²) < 4.78 is 6.63. The largest absolute Gasteiger partial charge is 0.489 e. The third kappa shape index (κ3) is 2.86. The average molecular weight is 319 g/mol. The van der Waals surface area contributed by atoms with Gasteiger partial charge in [-0.25, -0.2) is 4.79 Å². The van der Waals surface area contributed by atoms with Gasteiger partial charge < -0.3 is 9.84 Å². The molecule has 3 rings (SSSR count). The van der Waals surface area contributed by atoms with Crippen molar-refractivity contribution in [1.82, 2.24) is 0 Å². The van der Waals surface area contributed by atoms with E-state index in [0.29, 0.717) is 21.2 Å². The first-order valence-electron chi connectivity index (χ1n) is 6.27. The second-order valence-electron chi connectivity index (χ2n) is 4.46. The first-order valence-corrected chi connectivity index (χ1v) is 7.46. The number of carboxylic acid groups (broad SMARTS) is 1. The molecule has 0 radical (unpaired) electrons. The number of hydrogen-bond acceptors (Lipinski definition) is 3. The van der Waals surface area contributed by atoms with Crippen LogP contribution in [0.4, 0.5) is 0 Å². The Morgan fingerprint density at radius 1 is 1.19 bits per heavy atom. The lowest BCUT2D eigenvalue weighted by molar-refractivity contribution is 0.0699. The van der Waals surface area contributed by atoms with E-state index >= 15 is 0 Å². The highest BCUT2D eigenvalue weighted by Crippen LogP contribution is 2.32. The minimum Gasteiger partial charge on any atom is -0.489 e. The van der Waals surface area contributed by atoms with Gasteiger partial charge in [0.1, 0.15) is 17.2 Å². The van der Waals surface area contributed by atoms with E-state index in [4.69, 9.17) is 16.3 Å². The molecule has 0 aliphatic rings. The monoisotopic (exact) mass is 318 g/mol. The van der Waals surface area contributed by atoms with Crippen LogP contribution in [0.5, 0.6) is 5.75 Å². The van der Waals surface area contributed by atoms with Gasteiger partial charge in [-0.15, -0.1) is 11.3 Å². The molecule has 1 N–H and O–H groups in total. The van der Waals surface area contributed by atoms with Gasteiger partial charge in [0.05, 0.1) is 0 Å². The van der Waals surface area contributed by atoms with Crippen molar-refractivity contribution in [3.8, 4) is 5.75 Å². The molecule has 0 saturated carbocycles. The minimum absolute atomic E-state index is 0.200. The van der Waals surface area contributed by atoms with Crippen LogP contribution < -0.4 is 4.74 Å². The summed E-state index contributed by atoms with van der Waals surface area (Å²) in [6.07, 6.45) is 0. The third-order valence-corrected chi connectivity index (χ3v) is 4.51. The van der Waals surface area contributed by atoms with Crippen LogP contribution in [-0.4, -0.2) is 11.1 Å². The first-order chi connectivity index (χ1) is 10.1. The maximum Gasteiger partial charge on any atom is 0.346 e. The number of fused-ring (bicyclic) bond motifs is 1. The van der Waals surface area contributed by atoms with Gasteiger partial charge in [-0.05, 0) is 29.7 Å². The lowest BCUT2D eigenvalue weighted by Gasteiger charge is -2.07. The predicted molar refractivity (Wildman–Crippen MR) is 84.6 cm³/mol. The summed E-state index contributed by atoms with van der Waals surface area (Å²) in [5.41, 5.74) is 0.697. The number of rotatable bonds is 4. The molecule has 3 aromatic rings. The highest BCUT2D eigenvalue weighted by molar-refractivity contribution is 7.21. The topological polar surface area (TPSA) is 46.5 Å². The highest BCUT2D eigenvalue weighted by Gasteiger charge is 2.17. The van der Waals surface area contributed by atoms with Crippen LogP contribution in [0.2, 0.25) is 5.02 Å². The number of carbonyl (C=O) groups is 1. The summed E-state index contributed by atoms with van der Waals surface area (Å²) in [4.78, 5) is 11.7. The van der Waals surface area contributed by atoms with E-state index in [1.54, 1.807) is 24.3 Å². The van der Waals surface area contributed by atoms with Crippen molar-refractivity contribution in [1.29, 1.82) is 0 Å². The summed E-state index contributed by atoms with van der Waals surface area (Å²) in [5.74, 6) is -0.310. The Morgan fingerprint density at radius 2 is 2.00 bits per heavy atom. The zero-order chi connectivity index (χ0) is 14.8. The molecule has 0 amide bonds. The molecule has 0 saturated heterocycles. The number of thiophene rings is 1.